The molecule has 8 nitrogen and oxygen atoms in total. The van der Waals surface area contributed by atoms with E-state index >= 15 is 0 Å². The van der Waals surface area contributed by atoms with Crippen LogP contribution < -0.4 is 14.5 Å². The predicted octanol–water partition coefficient (Wildman–Crippen LogP) is 5.53. The molecule has 2 aromatic carbocycles. The molecule has 0 amide bonds. The minimum Gasteiger partial charge on any atom is -0.670 e. The number of methoxy groups -OCH3 is 1. The molecule has 43 heavy (non-hydrogen) atoms. The zero-order valence-electron chi connectivity index (χ0n) is 24.6. The number of hydrogen-bond acceptors (Lipinski definition) is 7. The molecule has 0 saturated heterocycles. The molecular formula is C35H40N2O6. The van der Waals surface area contributed by atoms with Gasteiger partial charge in [0.1, 0.15) is 17.9 Å². The summed E-state index contributed by atoms with van der Waals surface area (Å²) in [4.78, 5) is 22.2. The largest absolute Gasteiger partial charge is 0.670 e. The van der Waals surface area contributed by atoms with Crippen molar-refractivity contribution in [3.63, 3.8) is 0 Å². The lowest BCUT2D eigenvalue weighted by Crippen LogP contribution is -2.30. The fourth-order valence-corrected chi connectivity index (χ4v) is 6.06. The highest BCUT2D eigenvalue weighted by atomic mass is 16.5. The first-order chi connectivity index (χ1) is 20.9. The summed E-state index contributed by atoms with van der Waals surface area (Å²) in [5, 5.41) is 32.0. The van der Waals surface area contributed by atoms with E-state index in [0.717, 1.165) is 47.9 Å². The van der Waals surface area contributed by atoms with Gasteiger partial charge in [0.25, 0.3) is 0 Å². The Bertz CT molecular complexity index is 1420. The minimum atomic E-state index is -0.898. The van der Waals surface area contributed by atoms with Gasteiger partial charge in [-0.3, -0.25) is 4.79 Å². The number of aromatic hydroxyl groups is 2. The molecule has 0 radical (unpaired) electrons. The van der Waals surface area contributed by atoms with Crippen LogP contribution >= 0.6 is 0 Å². The summed E-state index contributed by atoms with van der Waals surface area (Å²) in [5.41, 5.74) is 3.74. The molecule has 1 fully saturated rings. The number of aliphatic imine (C=N–C) groups is 1. The number of aliphatic hydroxyl groups is 1. The first-order valence-corrected chi connectivity index (χ1v) is 15.0. The number of aliphatic hydroxyl groups excluding tert-OH is 1. The fourth-order valence-electron chi connectivity index (χ4n) is 6.06. The number of benzene rings is 2. The Morgan fingerprint density at radius 3 is 2.35 bits per heavy atom. The maximum absolute atomic E-state index is 13.8. The normalized spacial score (nSPS) is 16.8. The third-order valence-corrected chi connectivity index (χ3v) is 8.46. The Balaban J connectivity index is 1.33. The second kappa shape index (κ2) is 14.3. The van der Waals surface area contributed by atoms with Crippen molar-refractivity contribution in [2.75, 3.05) is 7.11 Å². The highest BCUT2D eigenvalue weighted by molar-refractivity contribution is 5.86. The van der Waals surface area contributed by atoms with Crippen molar-refractivity contribution in [3.8, 4) is 23.0 Å². The van der Waals surface area contributed by atoms with Crippen LogP contribution in [0.5, 0.6) is 23.0 Å². The number of allylic oxidation sites excluding steroid dienone is 1. The van der Waals surface area contributed by atoms with Gasteiger partial charge >= 0.3 is 0 Å². The Morgan fingerprint density at radius 1 is 0.977 bits per heavy atom. The fraction of sp³-hybridized carbons (Fsp3) is 0.400. The number of phenols is 2. The number of nitrogens with zero attached hydrogens (tertiary/aromatic N) is 2. The molecule has 1 aliphatic heterocycles. The molecule has 2 aliphatic rings. The van der Waals surface area contributed by atoms with E-state index in [4.69, 9.17) is 9.47 Å². The van der Waals surface area contributed by atoms with Crippen LogP contribution in [0.1, 0.15) is 55.2 Å². The molecule has 8 heteroatoms. The van der Waals surface area contributed by atoms with Crippen LogP contribution in [-0.2, 0) is 24.1 Å². The molecule has 3 N–H and O–H groups in total. The molecule has 3 atom stereocenters. The quantitative estimate of drug-likeness (QED) is 0.201. The van der Waals surface area contributed by atoms with E-state index in [2.05, 4.69) is 9.98 Å². The summed E-state index contributed by atoms with van der Waals surface area (Å²) in [5.74, 6) is 0.284. The number of hydrogen-bond donors (Lipinski definition) is 3. The van der Waals surface area contributed by atoms with Gasteiger partial charge in [-0.2, -0.15) is 12.4 Å². The van der Waals surface area contributed by atoms with Crippen LogP contribution in [0.2, 0.25) is 0 Å². The maximum Gasteiger partial charge on any atom is 0.176 e. The smallest absolute Gasteiger partial charge is 0.176 e. The number of phenolic OH excluding ortho intramolecular Hbond substituents is 2. The first-order valence-electron chi connectivity index (χ1n) is 15.0. The number of carbonyl (C=O) groups excluding carboxylic acids is 1. The molecule has 0 bridgehead atoms. The second-order valence-electron chi connectivity index (χ2n) is 11.7. The van der Waals surface area contributed by atoms with Crippen LogP contribution in [0.15, 0.2) is 71.5 Å². The molecule has 3 unspecified atom stereocenters. The van der Waals surface area contributed by atoms with Gasteiger partial charge in [0.15, 0.2) is 29.2 Å². The minimum absolute atomic E-state index is 0.00363. The molecule has 1 aliphatic carbocycles. The van der Waals surface area contributed by atoms with E-state index < -0.39 is 12.0 Å². The summed E-state index contributed by atoms with van der Waals surface area (Å²) in [7, 11) is 1.49. The van der Waals surface area contributed by atoms with Gasteiger partial charge in [-0.1, -0.05) is 23.8 Å². The van der Waals surface area contributed by atoms with Gasteiger partial charge in [0.05, 0.1) is 25.4 Å². The van der Waals surface area contributed by atoms with E-state index in [1.807, 2.05) is 24.3 Å². The molecule has 1 aromatic heterocycles. The lowest BCUT2D eigenvalue weighted by atomic mass is 9.82. The van der Waals surface area contributed by atoms with Crippen molar-refractivity contribution in [1.29, 1.82) is 0 Å². The predicted molar refractivity (Wildman–Crippen MR) is 165 cm³/mol. The van der Waals surface area contributed by atoms with Gasteiger partial charge < -0.3 is 29.8 Å². The summed E-state index contributed by atoms with van der Waals surface area (Å²) >= 11 is 0. The molecule has 5 rings (SSSR count). The van der Waals surface area contributed by atoms with E-state index in [0.29, 0.717) is 37.2 Å². The Labute approximate surface area is 253 Å². The number of rotatable bonds is 15. The number of ether oxygens (including phenoxy) is 2. The summed E-state index contributed by atoms with van der Waals surface area (Å²) in [6.07, 6.45) is 12.6. The summed E-state index contributed by atoms with van der Waals surface area (Å²) in [6, 6.07) is 12.4. The third kappa shape index (κ3) is 8.23. The van der Waals surface area contributed by atoms with Crippen LogP contribution in [-0.4, -0.2) is 46.6 Å². The third-order valence-electron chi connectivity index (χ3n) is 8.46. The zero-order chi connectivity index (χ0) is 30.2. The standard InChI is InChI=1S/C35H40N2O6/c1-42-34-18-23(6-8-30(34)38)14-27(16-25-10-12-36-21-25)32(40)20-33(41)28(17-26-11-13-37-22-26)15-24-7-9-31(39)35(19-24)43-29-4-2-3-5-29/h6-13,18-19,21-22,27-29,33,38-39,41H,2-5,14-17,20H2,1H3. The summed E-state index contributed by atoms with van der Waals surface area (Å²) in [6.45, 7) is 1.71. The number of aromatic nitrogens is 1. The van der Waals surface area contributed by atoms with Crippen LogP contribution in [0.4, 0.5) is 0 Å². The van der Waals surface area contributed by atoms with Crippen molar-refractivity contribution >= 4 is 12.0 Å². The topological polar surface area (TPSA) is 123 Å². The van der Waals surface area contributed by atoms with Gasteiger partial charge in [0.2, 0.25) is 0 Å². The monoisotopic (exact) mass is 584 g/mol. The number of Topliss-reactive ketones (excluding diaryl/α,β-unsaturated/α-hetero) is 1. The molecule has 226 valence electrons. The van der Waals surface area contributed by atoms with Crippen LogP contribution in [0.25, 0.3) is 0 Å². The van der Waals surface area contributed by atoms with Crippen molar-refractivity contribution in [3.05, 3.63) is 89.7 Å². The van der Waals surface area contributed by atoms with Crippen molar-refractivity contribution in [1.82, 2.24) is 4.98 Å². The number of ketones is 1. The van der Waals surface area contributed by atoms with Crippen molar-refractivity contribution in [2.24, 2.45) is 16.8 Å². The van der Waals surface area contributed by atoms with Crippen molar-refractivity contribution in [2.45, 2.75) is 70.0 Å². The SMILES string of the molecule is COc1cc(CC(CC2=C[CH+]N=C2)C(=O)CC(O)C(Cc2cc[n-]c2)Cc2ccc(O)c(OC3CCCC3)c2)ccc1O. The molecule has 3 aromatic rings. The Kier molecular flexibility index (Phi) is 10.1. The highest BCUT2D eigenvalue weighted by Gasteiger charge is 2.30. The molecule has 0 spiro atoms. The van der Waals surface area contributed by atoms with Gasteiger partial charge in [0, 0.05) is 18.8 Å². The van der Waals surface area contributed by atoms with E-state index in [1.165, 1.54) is 7.11 Å². The average molecular weight is 585 g/mol. The van der Waals surface area contributed by atoms with Crippen LogP contribution in [0.3, 0.4) is 0 Å². The lowest BCUT2D eigenvalue weighted by molar-refractivity contribution is -0.125. The van der Waals surface area contributed by atoms with E-state index in [9.17, 15) is 20.1 Å². The molecule has 1 saturated carbocycles. The maximum atomic E-state index is 13.8. The first kappa shape index (κ1) is 30.3. The second-order valence-corrected chi connectivity index (χ2v) is 11.7. The zero-order valence-corrected chi connectivity index (χ0v) is 24.6. The van der Waals surface area contributed by atoms with Gasteiger partial charge in [-0.15, -0.1) is 4.99 Å². The average Bonchev–Trinajstić information content (AvgIpc) is 3.80. The van der Waals surface area contributed by atoms with Gasteiger partial charge in [-0.25, -0.2) is 0 Å². The van der Waals surface area contributed by atoms with Crippen molar-refractivity contribution < 1.29 is 29.6 Å². The number of carbonyl (C=O) groups is 1. The van der Waals surface area contributed by atoms with Gasteiger partial charge in [-0.05, 0) is 86.3 Å². The Morgan fingerprint density at radius 2 is 1.67 bits per heavy atom. The summed E-state index contributed by atoms with van der Waals surface area (Å²) < 4.78 is 11.4. The van der Waals surface area contributed by atoms with E-state index in [-0.39, 0.29) is 35.7 Å². The lowest BCUT2D eigenvalue weighted by Gasteiger charge is -2.25. The Hall–Kier alpha value is -4.17. The van der Waals surface area contributed by atoms with Crippen LogP contribution in [0, 0.1) is 18.4 Å². The molecular weight excluding hydrogens is 544 g/mol. The van der Waals surface area contributed by atoms with E-state index in [1.54, 1.807) is 49.4 Å². The highest BCUT2D eigenvalue weighted by Crippen LogP contribution is 2.34. The molecule has 2 heterocycles.